The van der Waals surface area contributed by atoms with E-state index in [-0.39, 0.29) is 30.4 Å². The summed E-state index contributed by atoms with van der Waals surface area (Å²) in [7, 11) is 1.95. The lowest BCUT2D eigenvalue weighted by Crippen LogP contribution is -2.16. The van der Waals surface area contributed by atoms with Gasteiger partial charge in [0.2, 0.25) is 0 Å². The fraction of sp³-hybridized carbons (Fsp3) is 0.222. The smallest absolute Gasteiger partial charge is 0.373 e. The lowest BCUT2D eigenvalue weighted by atomic mass is 10.1. The Hall–Kier alpha value is -3.90. The highest BCUT2D eigenvalue weighted by Crippen LogP contribution is 2.25. The number of hydrogen-bond donors (Lipinski definition) is 4. The molecule has 0 bridgehead atoms. The summed E-state index contributed by atoms with van der Waals surface area (Å²) in [6.07, 6.45) is 3.49. The average molecular weight is 466 g/mol. The Labute approximate surface area is 200 Å². The van der Waals surface area contributed by atoms with E-state index >= 15 is 0 Å². The van der Waals surface area contributed by atoms with Gasteiger partial charge in [0.15, 0.2) is 11.5 Å². The molecule has 0 heterocycles. The van der Waals surface area contributed by atoms with Crippen molar-refractivity contribution in [1.82, 2.24) is 5.32 Å². The van der Waals surface area contributed by atoms with Gasteiger partial charge in [-0.2, -0.15) is 9.59 Å². The van der Waals surface area contributed by atoms with Crippen LogP contribution >= 0.6 is 0 Å². The number of nitrogens with one attached hydrogen (secondary N) is 1. The summed E-state index contributed by atoms with van der Waals surface area (Å²) >= 11 is 0. The minimum Gasteiger partial charge on any atom is -0.504 e. The number of phenolic OH excluding ortho intramolecular Hbond substituents is 2. The van der Waals surface area contributed by atoms with E-state index in [9.17, 15) is 0 Å². The summed E-state index contributed by atoms with van der Waals surface area (Å²) in [5.74, 6) is 0.643. The molecule has 7 nitrogen and oxygen atoms in total. The summed E-state index contributed by atoms with van der Waals surface area (Å²) in [4.78, 5) is 16.2. The number of rotatable bonds is 9. The predicted molar refractivity (Wildman–Crippen MR) is 130 cm³/mol. The highest BCUT2D eigenvalue weighted by atomic mass is 16.5. The highest BCUT2D eigenvalue weighted by molar-refractivity contribution is 5.53. The third-order valence-electron chi connectivity index (χ3n) is 4.67. The third-order valence-corrected chi connectivity index (χ3v) is 4.67. The second-order valence-electron chi connectivity index (χ2n) is 7.06. The molecule has 0 aromatic heterocycles. The molecule has 0 aliphatic rings. The normalized spacial score (nSPS) is 10.4. The molecule has 34 heavy (non-hydrogen) atoms. The maximum absolute atomic E-state index is 8.94. The molecule has 3 aromatic rings. The topological polar surface area (TPSA) is 116 Å². The van der Waals surface area contributed by atoms with Crippen molar-refractivity contribution >= 4 is 12.2 Å². The second-order valence-corrected chi connectivity index (χ2v) is 7.06. The van der Waals surface area contributed by atoms with Crippen LogP contribution in [0.2, 0.25) is 0 Å². The molecule has 0 saturated carbocycles. The van der Waals surface area contributed by atoms with Crippen molar-refractivity contribution < 1.29 is 29.6 Å². The summed E-state index contributed by atoms with van der Waals surface area (Å²) in [5.41, 5.74) is 3.10. The average Bonchev–Trinajstić information content (AvgIpc) is 2.86. The molecule has 4 N–H and O–H groups in total. The van der Waals surface area contributed by atoms with E-state index in [0.29, 0.717) is 6.42 Å². The van der Waals surface area contributed by atoms with Crippen molar-refractivity contribution in [2.45, 2.75) is 18.9 Å². The minimum atomic E-state index is -0.114. The first-order valence-electron chi connectivity index (χ1n) is 10.7. The van der Waals surface area contributed by atoms with Crippen molar-refractivity contribution in [1.29, 1.82) is 0 Å². The van der Waals surface area contributed by atoms with Crippen molar-refractivity contribution in [3.63, 3.8) is 0 Å². The van der Waals surface area contributed by atoms with Crippen LogP contribution in [0.4, 0.5) is 0 Å². The first-order valence-corrected chi connectivity index (χ1v) is 10.7. The Morgan fingerprint density at radius 2 is 1.65 bits per heavy atom. The molecule has 1 unspecified atom stereocenters. The molecule has 0 radical (unpaired) electrons. The number of ether oxygens (including phenoxy) is 1. The summed E-state index contributed by atoms with van der Waals surface area (Å²) in [6.45, 7) is 4.59. The van der Waals surface area contributed by atoms with Gasteiger partial charge in [0.25, 0.3) is 0 Å². The number of aliphatic hydroxyl groups is 1. The Morgan fingerprint density at radius 1 is 1.00 bits per heavy atom. The van der Waals surface area contributed by atoms with E-state index in [1.54, 1.807) is 12.1 Å². The Morgan fingerprint density at radius 3 is 2.18 bits per heavy atom. The van der Waals surface area contributed by atoms with Crippen LogP contribution in [0.15, 0.2) is 79.4 Å². The third kappa shape index (κ3) is 10.6. The van der Waals surface area contributed by atoms with Gasteiger partial charge in [-0.05, 0) is 61.0 Å². The number of aromatic hydroxyl groups is 2. The zero-order valence-electron chi connectivity index (χ0n) is 19.2. The molecule has 1 atom stereocenters. The van der Waals surface area contributed by atoms with Crippen LogP contribution in [0.5, 0.6) is 17.2 Å². The van der Waals surface area contributed by atoms with Gasteiger partial charge in [-0.25, -0.2) is 0 Å². The Kier molecular flexibility index (Phi) is 13.8. The van der Waals surface area contributed by atoms with Gasteiger partial charge in [-0.15, -0.1) is 0 Å². The van der Waals surface area contributed by atoms with Crippen molar-refractivity contribution in [3.8, 4) is 17.2 Å². The zero-order valence-corrected chi connectivity index (χ0v) is 19.2. The molecular weight excluding hydrogens is 434 g/mol. The van der Waals surface area contributed by atoms with Crippen LogP contribution in [0.25, 0.3) is 6.08 Å². The van der Waals surface area contributed by atoms with Gasteiger partial charge in [-0.3, -0.25) is 0 Å². The number of phenols is 2. The van der Waals surface area contributed by atoms with E-state index in [1.807, 2.05) is 49.5 Å². The summed E-state index contributed by atoms with van der Waals surface area (Å²) < 4.78 is 6.13. The van der Waals surface area contributed by atoms with Crippen LogP contribution in [-0.4, -0.2) is 41.7 Å². The molecular formula is C27H31NO6. The molecule has 180 valence electrons. The molecule has 0 aliphatic heterocycles. The number of benzene rings is 3. The number of carbonyl (C=O) groups excluding carboxylic acids is 2. The monoisotopic (exact) mass is 465 g/mol. The van der Waals surface area contributed by atoms with Gasteiger partial charge >= 0.3 is 6.15 Å². The first-order chi connectivity index (χ1) is 16.5. The first kappa shape index (κ1) is 28.1. The molecule has 0 amide bonds. The highest BCUT2D eigenvalue weighted by Gasteiger charge is 2.12. The maximum atomic E-state index is 8.94. The molecule has 0 spiro atoms. The number of aliphatic hydroxyl groups excluding tert-OH is 1. The van der Waals surface area contributed by atoms with Gasteiger partial charge in [0, 0.05) is 13.0 Å². The lowest BCUT2D eigenvalue weighted by Gasteiger charge is -2.20. The number of hydrogen-bond acceptors (Lipinski definition) is 7. The van der Waals surface area contributed by atoms with E-state index in [1.165, 1.54) is 17.7 Å². The van der Waals surface area contributed by atoms with Gasteiger partial charge in [-0.1, -0.05) is 61.2 Å². The molecule has 0 saturated heterocycles. The predicted octanol–water partition coefficient (Wildman–Crippen LogP) is 4.11. The van der Waals surface area contributed by atoms with Crippen LogP contribution in [0.1, 0.15) is 29.2 Å². The SMILES string of the molecule is C=Cc1ccc(O)c(O)c1.CNCCC(Oc1ccc(CCO)cc1)c1ccccc1.O=C=O. The quantitative estimate of drug-likeness (QED) is 0.352. The molecule has 0 aliphatic carbocycles. The van der Waals surface area contributed by atoms with Crippen molar-refractivity contribution in [3.05, 3.63) is 96.1 Å². The zero-order chi connectivity index (χ0) is 25.2. The molecule has 3 aromatic carbocycles. The van der Waals surface area contributed by atoms with Gasteiger partial charge in [0.05, 0.1) is 0 Å². The summed E-state index contributed by atoms with van der Waals surface area (Å²) in [5, 5.41) is 29.9. The lowest BCUT2D eigenvalue weighted by molar-refractivity contribution is -0.191. The fourth-order valence-electron chi connectivity index (χ4n) is 2.93. The summed E-state index contributed by atoms with van der Waals surface area (Å²) in [6, 6.07) is 22.8. The minimum absolute atomic E-state index is 0.0438. The van der Waals surface area contributed by atoms with Crippen molar-refractivity contribution in [2.75, 3.05) is 20.2 Å². The molecule has 7 heteroatoms. The maximum Gasteiger partial charge on any atom is 0.373 e. The van der Waals surface area contributed by atoms with Crippen LogP contribution in [-0.2, 0) is 16.0 Å². The van der Waals surface area contributed by atoms with E-state index < -0.39 is 0 Å². The van der Waals surface area contributed by atoms with E-state index in [2.05, 4.69) is 24.0 Å². The standard InChI is InChI=1S/C18H23NO2.C8H8O2.CO2/c1-19-13-11-18(16-5-3-2-4-6-16)21-17-9-7-15(8-10-17)12-14-20;1-2-6-3-4-7(9)8(10)5-6;2-1-3/h2-10,18-20H,11-14H2,1H3;2-5,9-10H,1H2;. The van der Waals surface area contributed by atoms with E-state index in [0.717, 1.165) is 29.8 Å². The van der Waals surface area contributed by atoms with Crippen LogP contribution in [0.3, 0.4) is 0 Å². The Bertz CT molecular complexity index is 999. The fourth-order valence-corrected chi connectivity index (χ4v) is 2.93. The Balaban J connectivity index is 0.000000369. The van der Waals surface area contributed by atoms with Crippen LogP contribution in [0, 0.1) is 0 Å². The largest absolute Gasteiger partial charge is 0.504 e. The van der Waals surface area contributed by atoms with Crippen LogP contribution < -0.4 is 10.1 Å². The second kappa shape index (κ2) is 16.7. The van der Waals surface area contributed by atoms with Gasteiger partial charge in [0.1, 0.15) is 11.9 Å². The van der Waals surface area contributed by atoms with Gasteiger partial charge < -0.3 is 25.4 Å². The molecule has 0 fully saturated rings. The van der Waals surface area contributed by atoms with E-state index in [4.69, 9.17) is 29.6 Å². The molecule has 3 rings (SSSR count). The van der Waals surface area contributed by atoms with Crippen molar-refractivity contribution in [2.24, 2.45) is 0 Å².